The minimum atomic E-state index is -0.906. The summed E-state index contributed by atoms with van der Waals surface area (Å²) in [5, 5.41) is 2.33. The lowest BCUT2D eigenvalue weighted by atomic mass is 10.3. The standard InChI is InChI=1S/C15H12Cl3N3O4/c1-24-8-4-2-3-7(5-8)20-9(22)6-25-15(23)13-10(16)12(19)11(17)14(18)21-13/h2-5H,6H2,1H3,(H2,19,21)(H,20,22)/p+1. The Bertz CT molecular complexity index is 830. The molecule has 0 atom stereocenters. The molecule has 2 aromatic rings. The quantitative estimate of drug-likeness (QED) is 0.588. The van der Waals surface area contributed by atoms with Crippen LogP contribution in [0, 0.1) is 0 Å². The second kappa shape index (κ2) is 8.24. The first-order valence-corrected chi connectivity index (χ1v) is 7.93. The first-order valence-electron chi connectivity index (χ1n) is 6.79. The minimum Gasteiger partial charge on any atom is -0.497 e. The van der Waals surface area contributed by atoms with Gasteiger partial charge >= 0.3 is 11.7 Å². The Kier molecular flexibility index (Phi) is 6.30. The molecule has 10 heteroatoms. The van der Waals surface area contributed by atoms with Crippen LogP contribution in [0.25, 0.3) is 0 Å². The number of benzene rings is 1. The van der Waals surface area contributed by atoms with Crippen molar-refractivity contribution in [2.75, 3.05) is 24.8 Å². The number of nitrogen functional groups attached to an aromatic ring is 1. The predicted octanol–water partition coefficient (Wildman–Crippen LogP) is 2.85. The van der Waals surface area contributed by atoms with Crippen molar-refractivity contribution >= 4 is 58.1 Å². The van der Waals surface area contributed by atoms with Gasteiger partial charge in [-0.05, 0) is 23.7 Å². The van der Waals surface area contributed by atoms with Crippen molar-refractivity contribution in [1.82, 2.24) is 0 Å². The van der Waals surface area contributed by atoms with Crippen molar-refractivity contribution in [2.24, 2.45) is 0 Å². The van der Waals surface area contributed by atoms with Gasteiger partial charge in [-0.15, -0.1) is 0 Å². The van der Waals surface area contributed by atoms with E-state index in [1.54, 1.807) is 24.3 Å². The molecule has 0 spiro atoms. The summed E-state index contributed by atoms with van der Waals surface area (Å²) in [6, 6.07) is 6.70. The van der Waals surface area contributed by atoms with Gasteiger partial charge in [-0.3, -0.25) is 4.79 Å². The maximum atomic E-state index is 12.0. The number of methoxy groups -OCH3 is 1. The van der Waals surface area contributed by atoms with Crippen molar-refractivity contribution in [3.8, 4) is 5.75 Å². The number of halogens is 3. The molecule has 0 aliphatic rings. The van der Waals surface area contributed by atoms with Crippen LogP contribution in [-0.2, 0) is 9.53 Å². The normalized spacial score (nSPS) is 10.2. The van der Waals surface area contributed by atoms with E-state index < -0.39 is 18.5 Å². The summed E-state index contributed by atoms with van der Waals surface area (Å²) in [6.07, 6.45) is 0. The maximum Gasteiger partial charge on any atom is 0.405 e. The summed E-state index contributed by atoms with van der Waals surface area (Å²) in [7, 11) is 1.51. The average molecular weight is 406 g/mol. The molecule has 25 heavy (non-hydrogen) atoms. The molecular weight excluding hydrogens is 393 g/mol. The number of pyridine rings is 1. The van der Waals surface area contributed by atoms with E-state index in [1.165, 1.54) is 7.11 Å². The van der Waals surface area contributed by atoms with Crippen LogP contribution < -0.4 is 20.8 Å². The van der Waals surface area contributed by atoms with Crippen molar-refractivity contribution in [3.05, 3.63) is 45.2 Å². The van der Waals surface area contributed by atoms with E-state index in [4.69, 9.17) is 50.0 Å². The van der Waals surface area contributed by atoms with E-state index in [1.807, 2.05) is 0 Å². The molecule has 0 saturated heterocycles. The molecule has 2 rings (SSSR count). The number of aromatic nitrogens is 1. The van der Waals surface area contributed by atoms with Gasteiger partial charge in [0, 0.05) is 11.8 Å². The van der Waals surface area contributed by atoms with E-state index in [9.17, 15) is 9.59 Å². The van der Waals surface area contributed by atoms with Crippen molar-refractivity contribution in [2.45, 2.75) is 0 Å². The fourth-order valence-electron chi connectivity index (χ4n) is 1.81. The summed E-state index contributed by atoms with van der Waals surface area (Å²) >= 11 is 17.5. The molecule has 0 saturated carbocycles. The van der Waals surface area contributed by atoms with Gasteiger partial charge in [0.2, 0.25) is 0 Å². The van der Waals surface area contributed by atoms with Crippen LogP contribution in [0.1, 0.15) is 10.5 Å². The first-order chi connectivity index (χ1) is 11.8. The number of carbonyl (C=O) groups excluding carboxylic acids is 2. The van der Waals surface area contributed by atoms with Crippen LogP contribution in [0.3, 0.4) is 0 Å². The van der Waals surface area contributed by atoms with Crippen LogP contribution in [0.5, 0.6) is 5.75 Å². The molecule has 132 valence electrons. The number of ether oxygens (including phenoxy) is 2. The Hall–Kier alpha value is -2.22. The van der Waals surface area contributed by atoms with E-state index in [2.05, 4.69) is 10.3 Å². The highest BCUT2D eigenvalue weighted by Crippen LogP contribution is 2.32. The molecule has 7 nitrogen and oxygen atoms in total. The summed E-state index contributed by atoms with van der Waals surface area (Å²) in [6.45, 7) is -0.541. The Labute approximate surface area is 158 Å². The number of nitrogens with two attached hydrogens (primary N) is 1. The highest BCUT2D eigenvalue weighted by Gasteiger charge is 2.27. The van der Waals surface area contributed by atoms with Crippen molar-refractivity contribution in [1.29, 1.82) is 0 Å². The van der Waals surface area contributed by atoms with Crippen LogP contribution in [0.4, 0.5) is 11.4 Å². The average Bonchev–Trinajstić information content (AvgIpc) is 2.61. The van der Waals surface area contributed by atoms with Gasteiger partial charge in [0.05, 0.1) is 12.8 Å². The number of anilines is 2. The molecule has 0 bridgehead atoms. The van der Waals surface area contributed by atoms with E-state index in [0.29, 0.717) is 11.4 Å². The predicted molar refractivity (Wildman–Crippen MR) is 94.3 cm³/mol. The van der Waals surface area contributed by atoms with Gasteiger partial charge in [-0.1, -0.05) is 29.3 Å². The van der Waals surface area contributed by atoms with Gasteiger partial charge in [0.25, 0.3) is 11.1 Å². The number of rotatable bonds is 5. The summed E-state index contributed by atoms with van der Waals surface area (Å²) in [4.78, 5) is 26.4. The van der Waals surface area contributed by atoms with Crippen molar-refractivity contribution in [3.63, 3.8) is 0 Å². The summed E-state index contributed by atoms with van der Waals surface area (Å²) in [5.41, 5.74) is 5.85. The molecule has 0 fully saturated rings. The lowest BCUT2D eigenvalue weighted by Gasteiger charge is -2.07. The van der Waals surface area contributed by atoms with Gasteiger partial charge < -0.3 is 20.5 Å². The first kappa shape index (κ1) is 19.1. The minimum absolute atomic E-state index is 0.0148. The third kappa shape index (κ3) is 4.66. The summed E-state index contributed by atoms with van der Waals surface area (Å²) < 4.78 is 9.94. The number of hydrogen-bond acceptors (Lipinski definition) is 5. The van der Waals surface area contributed by atoms with Crippen molar-refractivity contribution < 1.29 is 24.0 Å². The zero-order valence-corrected chi connectivity index (χ0v) is 15.1. The smallest absolute Gasteiger partial charge is 0.405 e. The van der Waals surface area contributed by atoms with Gasteiger partial charge in [-0.2, -0.15) is 4.98 Å². The molecule has 1 aromatic carbocycles. The lowest BCUT2D eigenvalue weighted by molar-refractivity contribution is -0.380. The molecule has 0 aliphatic heterocycles. The molecule has 1 amide bonds. The molecule has 0 radical (unpaired) electrons. The zero-order chi connectivity index (χ0) is 18.6. The number of carbonyl (C=O) groups is 2. The van der Waals surface area contributed by atoms with Crippen LogP contribution in [-0.4, -0.2) is 25.6 Å². The number of esters is 1. The van der Waals surface area contributed by atoms with E-state index in [-0.39, 0.29) is 26.6 Å². The Balaban J connectivity index is 2.01. The van der Waals surface area contributed by atoms with Gasteiger partial charge in [0.1, 0.15) is 15.8 Å². The van der Waals surface area contributed by atoms with Crippen LogP contribution in [0.15, 0.2) is 24.3 Å². The van der Waals surface area contributed by atoms with E-state index >= 15 is 0 Å². The molecular formula is C15H13Cl3N3O4+. The molecule has 1 heterocycles. The second-order valence-corrected chi connectivity index (χ2v) is 5.85. The van der Waals surface area contributed by atoms with Gasteiger partial charge in [-0.25, -0.2) is 4.79 Å². The topological polar surface area (TPSA) is 105 Å². The Morgan fingerprint density at radius 2 is 1.96 bits per heavy atom. The van der Waals surface area contributed by atoms with E-state index in [0.717, 1.165) is 0 Å². The fourth-order valence-corrected chi connectivity index (χ4v) is 2.42. The molecule has 1 aromatic heterocycles. The number of aromatic amines is 1. The third-order valence-electron chi connectivity index (χ3n) is 3.01. The number of amides is 1. The highest BCUT2D eigenvalue weighted by atomic mass is 35.5. The largest absolute Gasteiger partial charge is 0.497 e. The summed E-state index contributed by atoms with van der Waals surface area (Å²) in [5.74, 6) is -0.885. The Morgan fingerprint density at radius 1 is 1.24 bits per heavy atom. The monoisotopic (exact) mass is 404 g/mol. The molecule has 0 aliphatic carbocycles. The third-order valence-corrected chi connectivity index (χ3v) is 4.18. The Morgan fingerprint density at radius 3 is 2.64 bits per heavy atom. The van der Waals surface area contributed by atoms with Gasteiger partial charge in [0.15, 0.2) is 6.61 Å². The van der Waals surface area contributed by atoms with Crippen LogP contribution in [0.2, 0.25) is 15.2 Å². The second-order valence-electron chi connectivity index (χ2n) is 4.71. The number of H-pyrrole nitrogens is 1. The fraction of sp³-hybridized carbons (Fsp3) is 0.133. The van der Waals surface area contributed by atoms with Crippen LogP contribution >= 0.6 is 34.8 Å². The maximum absolute atomic E-state index is 12.0. The molecule has 4 N–H and O–H groups in total. The zero-order valence-electron chi connectivity index (χ0n) is 12.9. The number of nitrogens with one attached hydrogen (secondary N) is 2. The SMILES string of the molecule is COc1cccc(NC(=O)COC(=O)c2[nH+]c(Cl)c(Cl)c(N)c2Cl)c1. The lowest BCUT2D eigenvalue weighted by Crippen LogP contribution is -2.26. The molecule has 0 unspecified atom stereocenters. The highest BCUT2D eigenvalue weighted by molar-refractivity contribution is 6.45. The number of hydrogen-bond donors (Lipinski definition) is 2.